The van der Waals surface area contributed by atoms with Crippen LogP contribution in [-0.4, -0.2) is 11.9 Å². The molecule has 0 bridgehead atoms. The highest BCUT2D eigenvalue weighted by Crippen LogP contribution is 2.39. The van der Waals surface area contributed by atoms with Crippen LogP contribution in [0.1, 0.15) is 35.7 Å². The molecule has 1 amide bonds. The number of carbonyl (C=O) groups excluding carboxylic acids is 1. The molecule has 1 heterocycles. The van der Waals surface area contributed by atoms with Crippen LogP contribution < -0.4 is 11.1 Å². The van der Waals surface area contributed by atoms with Crippen LogP contribution in [0.2, 0.25) is 0 Å². The molecule has 0 saturated carbocycles. The number of primary amides is 1. The Morgan fingerprint density at radius 2 is 2.00 bits per heavy atom. The summed E-state index contributed by atoms with van der Waals surface area (Å²) in [6.07, 6.45) is 3.67. The minimum absolute atomic E-state index is 0.0769. The number of amides is 1. The van der Waals surface area contributed by atoms with E-state index in [1.165, 1.54) is 0 Å². The molecule has 1 aliphatic heterocycles. The van der Waals surface area contributed by atoms with Gasteiger partial charge in [-0.2, -0.15) is 0 Å². The van der Waals surface area contributed by atoms with E-state index in [9.17, 15) is 4.79 Å². The topological polar surface area (TPSA) is 55.1 Å². The van der Waals surface area contributed by atoms with E-state index in [0.29, 0.717) is 5.56 Å². The van der Waals surface area contributed by atoms with Crippen molar-refractivity contribution in [3.63, 3.8) is 0 Å². The summed E-state index contributed by atoms with van der Waals surface area (Å²) in [5.74, 6) is -0.274. The number of hydrogen-bond acceptors (Lipinski definition) is 2. The van der Waals surface area contributed by atoms with Gasteiger partial charge in [-0.15, -0.1) is 13.2 Å². The summed E-state index contributed by atoms with van der Waals surface area (Å²) in [6, 6.07) is 5.61. The van der Waals surface area contributed by atoms with E-state index in [1.54, 1.807) is 6.07 Å². The maximum absolute atomic E-state index is 11.3. The van der Waals surface area contributed by atoms with Gasteiger partial charge in [-0.3, -0.25) is 4.79 Å². The second-order valence-corrected chi connectivity index (χ2v) is 3.80. The number of anilines is 1. The molecule has 1 aromatic carbocycles. The molecule has 0 saturated heterocycles. The smallest absolute Gasteiger partial charge is 0.250 e. The number of nitrogens with two attached hydrogens (primary N) is 1. The van der Waals surface area contributed by atoms with Crippen molar-refractivity contribution in [2.24, 2.45) is 5.73 Å². The summed E-state index contributed by atoms with van der Waals surface area (Å²) >= 11 is 0. The van der Waals surface area contributed by atoms with E-state index in [2.05, 4.69) is 18.5 Å². The SMILES string of the molecule is C=CC1Nc2c(C(N)=O)cccc2C1C=C.CC. The first-order valence-electron chi connectivity index (χ1n) is 6.13. The number of benzene rings is 1. The van der Waals surface area contributed by atoms with Crippen molar-refractivity contribution < 1.29 is 4.79 Å². The van der Waals surface area contributed by atoms with Gasteiger partial charge in [0.15, 0.2) is 0 Å². The summed E-state index contributed by atoms with van der Waals surface area (Å²) < 4.78 is 0. The lowest BCUT2D eigenvalue weighted by Crippen LogP contribution is -2.17. The van der Waals surface area contributed by atoms with Crippen LogP contribution in [0.25, 0.3) is 0 Å². The molecule has 3 heteroatoms. The van der Waals surface area contributed by atoms with Crippen molar-refractivity contribution in [2.75, 3.05) is 5.32 Å². The fraction of sp³-hybridized carbons (Fsp3) is 0.267. The molecule has 0 radical (unpaired) electrons. The van der Waals surface area contributed by atoms with Gasteiger partial charge < -0.3 is 11.1 Å². The lowest BCUT2D eigenvalue weighted by molar-refractivity contribution is 0.100. The van der Waals surface area contributed by atoms with Gasteiger partial charge in [-0.1, -0.05) is 38.1 Å². The van der Waals surface area contributed by atoms with Gasteiger partial charge in [-0.25, -0.2) is 0 Å². The van der Waals surface area contributed by atoms with Gasteiger partial charge >= 0.3 is 0 Å². The molecule has 2 unspecified atom stereocenters. The number of nitrogens with one attached hydrogen (secondary N) is 1. The quantitative estimate of drug-likeness (QED) is 0.803. The summed E-state index contributed by atoms with van der Waals surface area (Å²) in [7, 11) is 0. The Kier molecular flexibility index (Phi) is 4.72. The Morgan fingerprint density at radius 1 is 1.33 bits per heavy atom. The number of hydrogen-bond donors (Lipinski definition) is 2. The van der Waals surface area contributed by atoms with E-state index in [-0.39, 0.29) is 12.0 Å². The molecule has 0 aromatic heterocycles. The Morgan fingerprint density at radius 3 is 2.50 bits per heavy atom. The zero-order chi connectivity index (χ0) is 13.7. The molecular weight excluding hydrogens is 224 g/mol. The van der Waals surface area contributed by atoms with Gasteiger partial charge in [0.05, 0.1) is 17.3 Å². The first-order valence-corrected chi connectivity index (χ1v) is 6.13. The van der Waals surface area contributed by atoms with E-state index in [0.717, 1.165) is 11.3 Å². The fourth-order valence-corrected chi connectivity index (χ4v) is 2.14. The Balaban J connectivity index is 0.000000771. The predicted molar refractivity (Wildman–Crippen MR) is 76.9 cm³/mol. The molecule has 18 heavy (non-hydrogen) atoms. The van der Waals surface area contributed by atoms with E-state index in [1.807, 2.05) is 38.1 Å². The standard InChI is InChI=1S/C13H14N2O.C2H6/c1-3-8-9-6-5-7-10(13(14)16)12(9)15-11(8)4-2;1-2/h3-8,11,15H,1-2H2,(H2,14,16);1-2H3. The largest absolute Gasteiger partial charge is 0.377 e. The van der Waals surface area contributed by atoms with Crippen molar-refractivity contribution in [1.82, 2.24) is 0 Å². The Hall–Kier alpha value is -2.03. The summed E-state index contributed by atoms with van der Waals surface area (Å²) in [4.78, 5) is 11.3. The summed E-state index contributed by atoms with van der Waals surface area (Å²) in [5.41, 5.74) is 7.71. The Labute approximate surface area is 108 Å². The highest BCUT2D eigenvalue weighted by Gasteiger charge is 2.30. The fourth-order valence-electron chi connectivity index (χ4n) is 2.14. The zero-order valence-corrected chi connectivity index (χ0v) is 10.9. The molecule has 96 valence electrons. The lowest BCUT2D eigenvalue weighted by atomic mass is 9.94. The Bertz CT molecular complexity index is 466. The van der Waals surface area contributed by atoms with Crippen LogP contribution in [0.15, 0.2) is 43.5 Å². The second kappa shape index (κ2) is 6.05. The van der Waals surface area contributed by atoms with Crippen LogP contribution in [0.4, 0.5) is 5.69 Å². The molecule has 3 N–H and O–H groups in total. The second-order valence-electron chi connectivity index (χ2n) is 3.80. The number of fused-ring (bicyclic) bond motifs is 1. The normalized spacial score (nSPS) is 19.9. The van der Waals surface area contributed by atoms with E-state index < -0.39 is 5.91 Å². The third-order valence-electron chi connectivity index (χ3n) is 2.93. The van der Waals surface area contributed by atoms with Gasteiger partial charge in [-0.05, 0) is 11.6 Å². The molecule has 2 rings (SSSR count). The van der Waals surface area contributed by atoms with Crippen LogP contribution in [0.3, 0.4) is 0 Å². The van der Waals surface area contributed by atoms with Gasteiger partial charge in [0.1, 0.15) is 0 Å². The average molecular weight is 244 g/mol. The van der Waals surface area contributed by atoms with Crippen molar-refractivity contribution >= 4 is 11.6 Å². The summed E-state index contributed by atoms with van der Waals surface area (Å²) in [5, 5.41) is 3.24. The summed E-state index contributed by atoms with van der Waals surface area (Å²) in [6.45, 7) is 11.6. The van der Waals surface area contributed by atoms with Gasteiger partial charge in [0.25, 0.3) is 5.91 Å². The van der Waals surface area contributed by atoms with E-state index >= 15 is 0 Å². The first-order chi connectivity index (χ1) is 8.69. The molecule has 0 spiro atoms. The van der Waals surface area contributed by atoms with E-state index in [4.69, 9.17) is 5.73 Å². The molecule has 1 aliphatic rings. The first kappa shape index (κ1) is 14.0. The number of carbonyl (C=O) groups is 1. The molecule has 2 atom stereocenters. The van der Waals surface area contributed by atoms with Crippen LogP contribution in [0.5, 0.6) is 0 Å². The minimum atomic E-state index is -0.420. The monoisotopic (exact) mass is 244 g/mol. The van der Waals surface area contributed by atoms with Crippen LogP contribution in [0, 0.1) is 0 Å². The minimum Gasteiger partial charge on any atom is -0.377 e. The lowest BCUT2D eigenvalue weighted by Gasteiger charge is -2.11. The highest BCUT2D eigenvalue weighted by atomic mass is 16.1. The van der Waals surface area contributed by atoms with Crippen LogP contribution >= 0.6 is 0 Å². The maximum atomic E-state index is 11.3. The highest BCUT2D eigenvalue weighted by molar-refractivity contribution is 6.00. The molecule has 3 nitrogen and oxygen atoms in total. The predicted octanol–water partition coefficient (Wildman–Crippen LogP) is 3.06. The van der Waals surface area contributed by atoms with Crippen molar-refractivity contribution in [3.8, 4) is 0 Å². The molecule has 0 aliphatic carbocycles. The third kappa shape index (κ3) is 2.30. The van der Waals surface area contributed by atoms with Crippen molar-refractivity contribution in [1.29, 1.82) is 0 Å². The molecule has 0 fully saturated rings. The molecule has 1 aromatic rings. The number of para-hydroxylation sites is 1. The third-order valence-corrected chi connectivity index (χ3v) is 2.93. The van der Waals surface area contributed by atoms with Gasteiger partial charge in [0, 0.05) is 5.92 Å². The maximum Gasteiger partial charge on any atom is 0.250 e. The van der Waals surface area contributed by atoms with Crippen molar-refractivity contribution in [2.45, 2.75) is 25.8 Å². The van der Waals surface area contributed by atoms with Crippen molar-refractivity contribution in [3.05, 3.63) is 54.6 Å². The van der Waals surface area contributed by atoms with Gasteiger partial charge in [0.2, 0.25) is 0 Å². The number of rotatable bonds is 3. The molecular formula is C15H20N2O. The average Bonchev–Trinajstić information content (AvgIpc) is 2.77. The van der Waals surface area contributed by atoms with Crippen LogP contribution in [-0.2, 0) is 0 Å². The zero-order valence-electron chi connectivity index (χ0n) is 10.9.